The lowest BCUT2D eigenvalue weighted by Gasteiger charge is -2.28. The Hall–Kier alpha value is -0.570. The van der Waals surface area contributed by atoms with Crippen LogP contribution in [0.2, 0.25) is 0 Å². The van der Waals surface area contributed by atoms with Crippen LogP contribution in [0.3, 0.4) is 0 Å². The Kier molecular flexibility index (Phi) is 4.43. The number of amides is 1. The van der Waals surface area contributed by atoms with E-state index < -0.39 is 0 Å². The number of carbonyl (C=O) groups excluding carboxylic acids is 1. The molecule has 2 aliphatic carbocycles. The van der Waals surface area contributed by atoms with Gasteiger partial charge in [-0.05, 0) is 56.9 Å². The molecule has 0 radical (unpaired) electrons. The first-order valence-electron chi connectivity index (χ1n) is 7.19. The second-order valence-corrected chi connectivity index (χ2v) is 6.09. The molecule has 0 aromatic heterocycles. The molecule has 17 heavy (non-hydrogen) atoms. The van der Waals surface area contributed by atoms with E-state index in [2.05, 4.69) is 12.2 Å². The van der Waals surface area contributed by atoms with E-state index in [0.29, 0.717) is 17.9 Å². The van der Waals surface area contributed by atoms with Crippen molar-refractivity contribution in [2.75, 3.05) is 6.54 Å². The zero-order valence-electron chi connectivity index (χ0n) is 11.0. The Morgan fingerprint density at radius 2 is 2.06 bits per heavy atom. The molecular formula is C14H26N2O. The maximum absolute atomic E-state index is 12.2. The zero-order chi connectivity index (χ0) is 12.3. The van der Waals surface area contributed by atoms with E-state index in [0.717, 1.165) is 25.3 Å². The Bertz CT molecular complexity index is 267. The Morgan fingerprint density at radius 3 is 2.71 bits per heavy atom. The van der Waals surface area contributed by atoms with E-state index >= 15 is 0 Å². The first-order chi connectivity index (χ1) is 8.19. The molecule has 2 aliphatic rings. The van der Waals surface area contributed by atoms with Crippen LogP contribution >= 0.6 is 0 Å². The van der Waals surface area contributed by atoms with Crippen molar-refractivity contribution in [3.05, 3.63) is 0 Å². The van der Waals surface area contributed by atoms with Crippen LogP contribution < -0.4 is 11.1 Å². The number of nitrogens with two attached hydrogens (primary N) is 1. The molecule has 2 saturated carbocycles. The van der Waals surface area contributed by atoms with Crippen LogP contribution in [-0.2, 0) is 4.79 Å². The summed E-state index contributed by atoms with van der Waals surface area (Å²) in [6, 6.07) is 0.441. The van der Waals surface area contributed by atoms with Gasteiger partial charge in [0.1, 0.15) is 0 Å². The SMILES string of the molecule is CC1CCC(NC(=O)C2CCCC(CN)C2)C1. The normalized spacial score (nSPS) is 38.0. The van der Waals surface area contributed by atoms with Gasteiger partial charge in [-0.3, -0.25) is 4.79 Å². The van der Waals surface area contributed by atoms with Gasteiger partial charge in [-0.25, -0.2) is 0 Å². The lowest BCUT2D eigenvalue weighted by Crippen LogP contribution is -2.40. The first kappa shape index (κ1) is 12.9. The summed E-state index contributed by atoms with van der Waals surface area (Å²) in [5.41, 5.74) is 5.72. The van der Waals surface area contributed by atoms with Gasteiger partial charge in [0.2, 0.25) is 5.91 Å². The van der Waals surface area contributed by atoms with Crippen LogP contribution in [-0.4, -0.2) is 18.5 Å². The van der Waals surface area contributed by atoms with Gasteiger partial charge in [-0.1, -0.05) is 13.3 Å². The number of carbonyl (C=O) groups is 1. The Labute approximate surface area is 105 Å². The summed E-state index contributed by atoms with van der Waals surface area (Å²) in [6.07, 6.45) is 8.04. The predicted molar refractivity (Wildman–Crippen MR) is 69.4 cm³/mol. The largest absolute Gasteiger partial charge is 0.353 e. The van der Waals surface area contributed by atoms with E-state index in [1.54, 1.807) is 0 Å². The van der Waals surface area contributed by atoms with Crippen molar-refractivity contribution in [3.8, 4) is 0 Å². The van der Waals surface area contributed by atoms with Crippen LogP contribution in [0, 0.1) is 17.8 Å². The summed E-state index contributed by atoms with van der Waals surface area (Å²) in [5.74, 6) is 1.88. The van der Waals surface area contributed by atoms with Crippen molar-refractivity contribution in [3.63, 3.8) is 0 Å². The second kappa shape index (κ2) is 5.85. The molecule has 3 nitrogen and oxygen atoms in total. The number of hydrogen-bond donors (Lipinski definition) is 2. The van der Waals surface area contributed by atoms with Crippen molar-refractivity contribution >= 4 is 5.91 Å². The molecule has 0 aliphatic heterocycles. The zero-order valence-corrected chi connectivity index (χ0v) is 11.0. The van der Waals surface area contributed by atoms with Crippen LogP contribution in [0.4, 0.5) is 0 Å². The van der Waals surface area contributed by atoms with Gasteiger partial charge in [-0.2, -0.15) is 0 Å². The molecule has 98 valence electrons. The molecule has 3 N–H and O–H groups in total. The first-order valence-corrected chi connectivity index (χ1v) is 7.19. The van der Waals surface area contributed by atoms with E-state index in [-0.39, 0.29) is 5.92 Å². The molecule has 0 bridgehead atoms. The van der Waals surface area contributed by atoms with Gasteiger partial charge in [-0.15, -0.1) is 0 Å². The molecule has 0 saturated heterocycles. The van der Waals surface area contributed by atoms with Crippen molar-refractivity contribution in [2.24, 2.45) is 23.5 Å². The average Bonchev–Trinajstić information content (AvgIpc) is 2.75. The molecule has 4 atom stereocenters. The summed E-state index contributed by atoms with van der Waals surface area (Å²) in [6.45, 7) is 3.02. The minimum Gasteiger partial charge on any atom is -0.353 e. The molecule has 2 fully saturated rings. The number of nitrogens with one attached hydrogen (secondary N) is 1. The van der Waals surface area contributed by atoms with Crippen molar-refractivity contribution < 1.29 is 4.79 Å². The average molecular weight is 238 g/mol. The molecule has 0 aromatic carbocycles. The fourth-order valence-corrected chi connectivity index (χ4v) is 3.40. The minimum absolute atomic E-state index is 0.230. The highest BCUT2D eigenvalue weighted by Gasteiger charge is 2.29. The number of hydrogen-bond acceptors (Lipinski definition) is 2. The van der Waals surface area contributed by atoms with Gasteiger partial charge in [0, 0.05) is 12.0 Å². The lowest BCUT2D eigenvalue weighted by atomic mass is 9.81. The second-order valence-electron chi connectivity index (χ2n) is 6.09. The van der Waals surface area contributed by atoms with E-state index in [4.69, 9.17) is 5.73 Å². The molecule has 0 spiro atoms. The van der Waals surface area contributed by atoms with E-state index in [1.807, 2.05) is 0 Å². The van der Waals surface area contributed by atoms with Gasteiger partial charge < -0.3 is 11.1 Å². The summed E-state index contributed by atoms with van der Waals surface area (Å²) in [7, 11) is 0. The fraction of sp³-hybridized carbons (Fsp3) is 0.929. The molecule has 0 heterocycles. The van der Waals surface area contributed by atoms with Gasteiger partial charge in [0.15, 0.2) is 0 Å². The highest BCUT2D eigenvalue weighted by Crippen LogP contribution is 2.30. The molecular weight excluding hydrogens is 212 g/mol. The fourth-order valence-electron chi connectivity index (χ4n) is 3.40. The molecule has 2 rings (SSSR count). The van der Waals surface area contributed by atoms with Gasteiger partial charge in [0.25, 0.3) is 0 Å². The van der Waals surface area contributed by atoms with Crippen molar-refractivity contribution in [1.82, 2.24) is 5.32 Å². The number of rotatable bonds is 3. The third kappa shape index (κ3) is 3.44. The standard InChI is InChI=1S/C14H26N2O/c1-10-5-6-13(7-10)16-14(17)12-4-2-3-11(8-12)9-15/h10-13H,2-9,15H2,1H3,(H,16,17). The highest BCUT2D eigenvalue weighted by atomic mass is 16.1. The molecule has 0 aromatic rings. The quantitative estimate of drug-likeness (QED) is 0.790. The van der Waals surface area contributed by atoms with Gasteiger partial charge >= 0.3 is 0 Å². The Morgan fingerprint density at radius 1 is 1.24 bits per heavy atom. The molecule has 4 unspecified atom stereocenters. The monoisotopic (exact) mass is 238 g/mol. The topological polar surface area (TPSA) is 55.1 Å². The van der Waals surface area contributed by atoms with E-state index in [1.165, 1.54) is 32.1 Å². The van der Waals surface area contributed by atoms with Crippen molar-refractivity contribution in [2.45, 2.75) is 57.9 Å². The summed E-state index contributed by atoms with van der Waals surface area (Å²) >= 11 is 0. The van der Waals surface area contributed by atoms with E-state index in [9.17, 15) is 4.79 Å². The van der Waals surface area contributed by atoms with Crippen LogP contribution in [0.5, 0.6) is 0 Å². The lowest BCUT2D eigenvalue weighted by molar-refractivity contribution is -0.127. The van der Waals surface area contributed by atoms with Gasteiger partial charge in [0.05, 0.1) is 0 Å². The summed E-state index contributed by atoms with van der Waals surface area (Å²) in [4.78, 5) is 12.2. The Balaban J connectivity index is 1.79. The highest BCUT2D eigenvalue weighted by molar-refractivity contribution is 5.79. The third-order valence-corrected chi connectivity index (χ3v) is 4.53. The van der Waals surface area contributed by atoms with Crippen molar-refractivity contribution in [1.29, 1.82) is 0 Å². The van der Waals surface area contributed by atoms with Crippen LogP contribution in [0.25, 0.3) is 0 Å². The third-order valence-electron chi connectivity index (χ3n) is 4.53. The molecule has 1 amide bonds. The maximum atomic E-state index is 12.2. The summed E-state index contributed by atoms with van der Waals surface area (Å²) < 4.78 is 0. The predicted octanol–water partition coefficient (Wildman–Crippen LogP) is 2.06. The molecule has 3 heteroatoms. The van der Waals surface area contributed by atoms with Crippen LogP contribution in [0.1, 0.15) is 51.9 Å². The minimum atomic E-state index is 0.230. The van der Waals surface area contributed by atoms with Crippen LogP contribution in [0.15, 0.2) is 0 Å². The smallest absolute Gasteiger partial charge is 0.223 e. The maximum Gasteiger partial charge on any atom is 0.223 e. The summed E-state index contributed by atoms with van der Waals surface area (Å²) in [5, 5.41) is 3.24.